The Morgan fingerprint density at radius 2 is 1.77 bits per heavy atom. The van der Waals surface area contributed by atoms with Crippen LogP contribution in [0.3, 0.4) is 0 Å². The third kappa shape index (κ3) is 2.05. The van der Waals surface area contributed by atoms with E-state index in [0.717, 1.165) is 5.56 Å². The van der Waals surface area contributed by atoms with Crippen LogP contribution < -0.4 is 0 Å². The molecule has 5 rings (SSSR count). The maximum Gasteiger partial charge on any atom is 0.230 e. The van der Waals surface area contributed by atoms with Crippen LogP contribution in [0.4, 0.5) is 4.39 Å². The third-order valence-electron chi connectivity index (χ3n) is 4.89. The van der Waals surface area contributed by atoms with Crippen molar-refractivity contribution in [2.75, 3.05) is 5.75 Å². The summed E-state index contributed by atoms with van der Waals surface area (Å²) in [5.74, 6) is -0.116. The molecule has 3 aliphatic rings. The Balaban J connectivity index is 1.79. The Labute approximate surface area is 153 Å². The van der Waals surface area contributed by atoms with E-state index < -0.39 is 11.9 Å². The molecule has 2 heterocycles. The van der Waals surface area contributed by atoms with E-state index in [9.17, 15) is 14.0 Å². The van der Waals surface area contributed by atoms with E-state index in [1.165, 1.54) is 22.7 Å². The van der Waals surface area contributed by atoms with Crippen LogP contribution in [0, 0.1) is 5.82 Å². The molecule has 0 aromatic heterocycles. The predicted octanol–water partition coefficient (Wildman–Crippen LogP) is 3.81. The molecule has 2 aromatic carbocycles. The van der Waals surface area contributed by atoms with Gasteiger partial charge in [-0.3, -0.25) is 14.5 Å². The van der Waals surface area contributed by atoms with Gasteiger partial charge in [-0.1, -0.05) is 54.2 Å². The van der Waals surface area contributed by atoms with Gasteiger partial charge in [-0.25, -0.2) is 9.38 Å². The average Bonchev–Trinajstić information content (AvgIpc) is 2.94. The van der Waals surface area contributed by atoms with Crippen LogP contribution in [0.15, 0.2) is 59.1 Å². The fourth-order valence-electron chi connectivity index (χ4n) is 3.74. The molecule has 4 nitrogen and oxygen atoms in total. The Morgan fingerprint density at radius 3 is 2.58 bits per heavy atom. The maximum absolute atomic E-state index is 14.7. The quantitative estimate of drug-likeness (QED) is 0.773. The summed E-state index contributed by atoms with van der Waals surface area (Å²) in [6, 6.07) is 12.8. The number of fused-ring (bicyclic) bond motifs is 3. The molecule has 1 aliphatic carbocycles. The lowest BCUT2D eigenvalue weighted by molar-refractivity contribution is -0.128. The zero-order valence-electron chi connectivity index (χ0n) is 13.6. The van der Waals surface area contributed by atoms with Crippen LogP contribution in [0.1, 0.15) is 33.9 Å². The molecule has 6 heteroatoms. The van der Waals surface area contributed by atoms with E-state index in [1.54, 1.807) is 30.3 Å². The van der Waals surface area contributed by atoms with Crippen molar-refractivity contribution in [3.63, 3.8) is 0 Å². The summed E-state index contributed by atoms with van der Waals surface area (Å²) in [5.41, 5.74) is 2.58. The van der Waals surface area contributed by atoms with Crippen molar-refractivity contribution in [2.24, 2.45) is 4.99 Å². The first-order valence-corrected chi connectivity index (χ1v) is 9.31. The zero-order chi connectivity index (χ0) is 17.8. The van der Waals surface area contributed by atoms with Gasteiger partial charge < -0.3 is 0 Å². The Bertz CT molecular complexity index is 1040. The Kier molecular flexibility index (Phi) is 3.37. The SMILES string of the molecule is O=C1C2=C(N=C3SCCC(=O)N3[C@@H]2c2ccccc2F)c2ccccc21. The van der Waals surface area contributed by atoms with Crippen LogP contribution in [-0.2, 0) is 4.79 Å². The van der Waals surface area contributed by atoms with Crippen molar-refractivity contribution >= 4 is 34.3 Å². The predicted molar refractivity (Wildman–Crippen MR) is 98.2 cm³/mol. The molecule has 0 saturated carbocycles. The van der Waals surface area contributed by atoms with E-state index in [0.29, 0.717) is 39.7 Å². The highest BCUT2D eigenvalue weighted by Crippen LogP contribution is 2.48. The summed E-state index contributed by atoms with van der Waals surface area (Å²) in [5, 5.41) is 0.540. The second-order valence-corrected chi connectivity index (χ2v) is 7.38. The molecule has 26 heavy (non-hydrogen) atoms. The van der Waals surface area contributed by atoms with Crippen LogP contribution in [0.2, 0.25) is 0 Å². The molecule has 0 spiro atoms. The summed E-state index contributed by atoms with van der Waals surface area (Å²) in [6.07, 6.45) is 0.346. The molecular weight excluding hydrogens is 351 g/mol. The molecule has 1 atom stereocenters. The van der Waals surface area contributed by atoms with Gasteiger partial charge in [0.05, 0.1) is 17.3 Å². The fourth-order valence-corrected chi connectivity index (χ4v) is 4.70. The average molecular weight is 364 g/mol. The number of ketones is 1. The molecule has 2 aliphatic heterocycles. The van der Waals surface area contributed by atoms with Gasteiger partial charge >= 0.3 is 0 Å². The highest BCUT2D eigenvalue weighted by molar-refractivity contribution is 8.14. The fraction of sp³-hybridized carbons (Fsp3) is 0.150. The summed E-state index contributed by atoms with van der Waals surface area (Å²) < 4.78 is 14.7. The topological polar surface area (TPSA) is 49.7 Å². The molecule has 1 fully saturated rings. The number of hydrogen-bond acceptors (Lipinski definition) is 4. The second kappa shape index (κ2) is 5.64. The van der Waals surface area contributed by atoms with Crippen molar-refractivity contribution in [1.29, 1.82) is 0 Å². The van der Waals surface area contributed by atoms with Gasteiger partial charge in [-0.05, 0) is 6.07 Å². The summed E-state index contributed by atoms with van der Waals surface area (Å²) in [7, 11) is 0. The number of rotatable bonds is 1. The normalized spacial score (nSPS) is 21.3. The van der Waals surface area contributed by atoms with Crippen molar-refractivity contribution in [2.45, 2.75) is 12.5 Å². The molecule has 1 amide bonds. The number of Topliss-reactive ketones (excluding diaryl/α,β-unsaturated/α-hetero) is 1. The number of amides is 1. The van der Waals surface area contributed by atoms with Gasteiger partial charge in [0.25, 0.3) is 0 Å². The lowest BCUT2D eigenvalue weighted by atomic mass is 9.92. The number of nitrogens with zero attached hydrogens (tertiary/aromatic N) is 2. The number of thioether (sulfide) groups is 1. The lowest BCUT2D eigenvalue weighted by Gasteiger charge is -2.38. The molecular formula is C20H13FN2O2S. The van der Waals surface area contributed by atoms with E-state index in [-0.39, 0.29) is 11.7 Å². The molecule has 0 radical (unpaired) electrons. The first-order chi connectivity index (χ1) is 12.7. The molecule has 128 valence electrons. The minimum Gasteiger partial charge on any atom is -0.289 e. The van der Waals surface area contributed by atoms with Gasteiger partial charge in [-0.15, -0.1) is 0 Å². The van der Waals surface area contributed by atoms with E-state index in [4.69, 9.17) is 0 Å². The number of hydrogen-bond donors (Lipinski definition) is 0. The van der Waals surface area contributed by atoms with Gasteiger partial charge in [0, 0.05) is 28.9 Å². The van der Waals surface area contributed by atoms with Crippen molar-refractivity contribution < 1.29 is 14.0 Å². The molecule has 1 saturated heterocycles. The van der Waals surface area contributed by atoms with Gasteiger partial charge in [0.2, 0.25) is 5.91 Å². The highest BCUT2D eigenvalue weighted by Gasteiger charge is 2.46. The minimum atomic E-state index is -0.779. The zero-order valence-corrected chi connectivity index (χ0v) is 14.4. The van der Waals surface area contributed by atoms with Gasteiger partial charge in [0.15, 0.2) is 11.0 Å². The second-order valence-electron chi connectivity index (χ2n) is 6.32. The third-order valence-corrected chi connectivity index (χ3v) is 5.84. The first kappa shape index (κ1) is 15.5. The van der Waals surface area contributed by atoms with Crippen molar-refractivity contribution in [1.82, 2.24) is 4.90 Å². The first-order valence-electron chi connectivity index (χ1n) is 8.33. The van der Waals surface area contributed by atoms with E-state index >= 15 is 0 Å². The van der Waals surface area contributed by atoms with Gasteiger partial charge in [-0.2, -0.15) is 0 Å². The van der Waals surface area contributed by atoms with Crippen LogP contribution >= 0.6 is 11.8 Å². The van der Waals surface area contributed by atoms with Crippen LogP contribution in [-0.4, -0.2) is 27.5 Å². The Hall–Kier alpha value is -2.73. The number of halogens is 1. The van der Waals surface area contributed by atoms with Crippen LogP contribution in [0.25, 0.3) is 5.70 Å². The summed E-state index contributed by atoms with van der Waals surface area (Å²) >= 11 is 1.47. The van der Waals surface area contributed by atoms with Crippen molar-refractivity contribution in [3.05, 3.63) is 76.6 Å². The largest absolute Gasteiger partial charge is 0.289 e. The molecule has 0 N–H and O–H groups in total. The Morgan fingerprint density at radius 1 is 1.04 bits per heavy atom. The number of amidine groups is 1. The van der Waals surface area contributed by atoms with Crippen molar-refractivity contribution in [3.8, 4) is 0 Å². The van der Waals surface area contributed by atoms with Crippen LogP contribution in [0.5, 0.6) is 0 Å². The lowest BCUT2D eigenvalue weighted by Crippen LogP contribution is -2.45. The molecule has 0 bridgehead atoms. The smallest absolute Gasteiger partial charge is 0.230 e. The highest BCUT2D eigenvalue weighted by atomic mass is 32.2. The summed E-state index contributed by atoms with van der Waals surface area (Å²) in [6.45, 7) is 0. The van der Waals surface area contributed by atoms with Gasteiger partial charge in [0.1, 0.15) is 5.82 Å². The monoisotopic (exact) mass is 364 g/mol. The number of carbonyl (C=O) groups excluding carboxylic acids is 2. The maximum atomic E-state index is 14.7. The standard InChI is InChI=1S/C20H13FN2O2S/c21-14-8-4-3-7-13(14)18-16-17(11-5-1-2-6-12(11)19(16)25)22-20-23(18)15(24)9-10-26-20/h1-8,18H,9-10H2/t18-/m1/s1. The molecule has 0 unspecified atom stereocenters. The molecule has 2 aromatic rings. The minimum absolute atomic E-state index is 0.133. The number of carbonyl (C=O) groups is 2. The van der Waals surface area contributed by atoms with E-state index in [2.05, 4.69) is 4.99 Å². The summed E-state index contributed by atoms with van der Waals surface area (Å²) in [4.78, 5) is 31.9. The number of benzene rings is 2. The number of aliphatic imine (C=N–C) groups is 1. The van der Waals surface area contributed by atoms with E-state index in [1.807, 2.05) is 12.1 Å².